The highest BCUT2D eigenvalue weighted by Gasteiger charge is 2.44. The van der Waals surface area contributed by atoms with Gasteiger partial charge in [-0.3, -0.25) is 0 Å². The van der Waals surface area contributed by atoms with Gasteiger partial charge in [0.2, 0.25) is 10.1 Å². The molecule has 2 saturated heterocycles. The molecule has 0 aliphatic carbocycles. The maximum Gasteiger partial charge on any atom is 0.214 e. The molecule has 2 aromatic heterocycles. The van der Waals surface area contributed by atoms with Gasteiger partial charge in [-0.2, -0.15) is 0 Å². The second-order valence-corrected chi connectivity index (χ2v) is 8.47. The fourth-order valence-corrected chi connectivity index (χ4v) is 5.13. The van der Waals surface area contributed by atoms with Crippen LogP contribution in [-0.2, 0) is 4.74 Å². The molecule has 7 nitrogen and oxygen atoms in total. The van der Waals surface area contributed by atoms with Crippen LogP contribution in [0.3, 0.4) is 0 Å². The zero-order valence-corrected chi connectivity index (χ0v) is 16.4. The summed E-state index contributed by atoms with van der Waals surface area (Å²) in [6.07, 6.45) is 3.77. The summed E-state index contributed by atoms with van der Waals surface area (Å²) < 4.78 is 26.3. The first-order valence-corrected chi connectivity index (χ1v) is 10.2. The van der Waals surface area contributed by atoms with Gasteiger partial charge < -0.3 is 20.1 Å². The molecule has 2 N–H and O–H groups in total. The summed E-state index contributed by atoms with van der Waals surface area (Å²) in [6.45, 7) is 3.23. The van der Waals surface area contributed by atoms with Crippen molar-refractivity contribution in [2.24, 2.45) is 11.1 Å². The number of hydrogen-bond acceptors (Lipinski definition) is 7. The second-order valence-electron chi connectivity index (χ2n) is 7.54. The molecular weight excluding hydrogens is 381 g/mol. The molecule has 3 aromatic rings. The van der Waals surface area contributed by atoms with Crippen molar-refractivity contribution in [2.45, 2.75) is 18.9 Å². The number of methoxy groups -OCH3 is 1. The molecule has 2 aliphatic heterocycles. The third-order valence-corrected chi connectivity index (χ3v) is 7.00. The Morgan fingerprint density at radius 3 is 2.89 bits per heavy atom. The summed E-state index contributed by atoms with van der Waals surface area (Å²) in [5, 5.41) is 5.73. The van der Waals surface area contributed by atoms with Crippen LogP contribution in [0.2, 0.25) is 0 Å². The molecule has 148 valence electrons. The van der Waals surface area contributed by atoms with Gasteiger partial charge in [-0.05, 0) is 25.0 Å². The lowest BCUT2D eigenvalue weighted by molar-refractivity contribution is 0.132. The van der Waals surface area contributed by atoms with Crippen LogP contribution in [0.5, 0.6) is 5.75 Å². The zero-order chi connectivity index (χ0) is 19.3. The Bertz CT molecular complexity index is 1010. The number of anilines is 1. The molecule has 4 heterocycles. The summed E-state index contributed by atoms with van der Waals surface area (Å²) in [5.74, 6) is 0.128. The largest absolute Gasteiger partial charge is 0.496 e. The van der Waals surface area contributed by atoms with Gasteiger partial charge in [0.1, 0.15) is 11.6 Å². The Hall–Kier alpha value is -2.23. The van der Waals surface area contributed by atoms with Gasteiger partial charge in [0.25, 0.3) is 0 Å². The Balaban J connectivity index is 1.43. The van der Waals surface area contributed by atoms with Crippen LogP contribution >= 0.6 is 11.3 Å². The number of nitrogens with two attached hydrogens (primary N) is 1. The quantitative estimate of drug-likeness (QED) is 0.724. The molecule has 1 aromatic carbocycles. The highest BCUT2D eigenvalue weighted by Crippen LogP contribution is 2.40. The monoisotopic (exact) mass is 403 g/mol. The first-order chi connectivity index (χ1) is 13.6. The van der Waals surface area contributed by atoms with Crippen LogP contribution in [0.1, 0.15) is 12.8 Å². The van der Waals surface area contributed by atoms with Crippen LogP contribution in [0, 0.1) is 11.2 Å². The van der Waals surface area contributed by atoms with Crippen molar-refractivity contribution in [1.29, 1.82) is 0 Å². The third kappa shape index (κ3) is 2.76. The fraction of sp³-hybridized carbons (Fsp3) is 0.474. The van der Waals surface area contributed by atoms with Gasteiger partial charge in [0.05, 0.1) is 32.2 Å². The maximum absolute atomic E-state index is 13.5. The molecule has 28 heavy (non-hydrogen) atoms. The Morgan fingerprint density at radius 1 is 1.36 bits per heavy atom. The van der Waals surface area contributed by atoms with Gasteiger partial charge >= 0.3 is 0 Å². The number of piperidine rings is 1. The molecule has 2 aliphatic rings. The first-order valence-electron chi connectivity index (χ1n) is 9.36. The van der Waals surface area contributed by atoms with E-state index in [9.17, 15) is 4.39 Å². The number of aromatic nitrogens is 3. The number of ether oxygens (including phenoxy) is 2. The zero-order valence-electron chi connectivity index (χ0n) is 15.6. The van der Waals surface area contributed by atoms with E-state index in [2.05, 4.69) is 9.88 Å². The van der Waals surface area contributed by atoms with E-state index < -0.39 is 0 Å². The summed E-state index contributed by atoms with van der Waals surface area (Å²) in [4.78, 5) is 7.59. The second kappa shape index (κ2) is 6.68. The number of hydrogen-bond donors (Lipinski definition) is 1. The number of rotatable bonds is 3. The Morgan fingerprint density at radius 2 is 2.18 bits per heavy atom. The number of fused-ring (bicyclic) bond motifs is 1. The average Bonchev–Trinajstić information content (AvgIpc) is 3.38. The molecule has 0 saturated carbocycles. The van der Waals surface area contributed by atoms with Crippen LogP contribution in [0.25, 0.3) is 16.2 Å². The van der Waals surface area contributed by atoms with Gasteiger partial charge in [0, 0.05) is 36.2 Å². The SMILES string of the molecule is COc1cc(F)ccc1-c1cnc2sc(N3CCC4(CC3)COCC4N)nn12. The molecular formula is C19H22FN5O2S. The summed E-state index contributed by atoms with van der Waals surface area (Å²) in [7, 11) is 1.53. The topological polar surface area (TPSA) is 77.9 Å². The highest BCUT2D eigenvalue weighted by atomic mass is 32.1. The van der Waals surface area contributed by atoms with Crippen molar-refractivity contribution in [3.8, 4) is 17.0 Å². The lowest BCUT2D eigenvalue weighted by Crippen LogP contribution is -2.49. The Labute approximate surface area is 165 Å². The van der Waals surface area contributed by atoms with Crippen molar-refractivity contribution in [1.82, 2.24) is 14.6 Å². The van der Waals surface area contributed by atoms with E-state index in [0.29, 0.717) is 12.4 Å². The van der Waals surface area contributed by atoms with E-state index in [-0.39, 0.29) is 17.3 Å². The highest BCUT2D eigenvalue weighted by molar-refractivity contribution is 7.20. The van der Waals surface area contributed by atoms with Crippen LogP contribution in [0.15, 0.2) is 24.4 Å². The molecule has 9 heteroatoms. The van der Waals surface area contributed by atoms with Gasteiger partial charge in [-0.15, -0.1) is 5.10 Å². The summed E-state index contributed by atoms with van der Waals surface area (Å²) in [5.41, 5.74) is 7.95. The number of nitrogens with zero attached hydrogens (tertiary/aromatic N) is 4. The molecule has 1 atom stereocenters. The first kappa shape index (κ1) is 17.8. The normalized spacial score (nSPS) is 21.7. The third-order valence-electron chi connectivity index (χ3n) is 6.02. The van der Waals surface area contributed by atoms with E-state index in [1.165, 1.54) is 19.2 Å². The van der Waals surface area contributed by atoms with Crippen LogP contribution < -0.4 is 15.4 Å². The minimum atomic E-state index is -0.336. The van der Waals surface area contributed by atoms with Gasteiger partial charge in [-0.25, -0.2) is 13.9 Å². The van der Waals surface area contributed by atoms with Crippen molar-refractivity contribution < 1.29 is 13.9 Å². The fourth-order valence-electron chi connectivity index (χ4n) is 4.20. The van der Waals surface area contributed by atoms with E-state index in [4.69, 9.17) is 20.3 Å². The molecule has 2 fully saturated rings. The van der Waals surface area contributed by atoms with E-state index in [1.54, 1.807) is 23.6 Å². The van der Waals surface area contributed by atoms with Gasteiger partial charge in [0.15, 0.2) is 0 Å². The molecule has 0 amide bonds. The molecule has 5 rings (SSSR count). The Kier molecular flexibility index (Phi) is 4.26. The predicted octanol–water partition coefficient (Wildman–Crippen LogP) is 2.55. The standard InChI is InChI=1S/C19H22FN5O2S/c1-26-15-8-12(20)2-3-13(15)14-9-22-17-25(14)23-18(28-17)24-6-4-19(5-7-24)11-27-10-16(19)21/h2-3,8-9,16H,4-7,10-11,21H2,1H3. The minimum Gasteiger partial charge on any atom is -0.496 e. The van der Waals surface area contributed by atoms with Crippen molar-refractivity contribution >= 4 is 21.4 Å². The maximum atomic E-state index is 13.5. The average molecular weight is 403 g/mol. The molecule has 0 bridgehead atoms. The van der Waals surface area contributed by atoms with Crippen molar-refractivity contribution in [2.75, 3.05) is 38.3 Å². The number of halogens is 1. The van der Waals surface area contributed by atoms with Gasteiger partial charge in [-0.1, -0.05) is 11.3 Å². The molecule has 1 unspecified atom stereocenters. The minimum absolute atomic E-state index is 0.112. The predicted molar refractivity (Wildman–Crippen MR) is 105 cm³/mol. The van der Waals surface area contributed by atoms with Crippen molar-refractivity contribution in [3.63, 3.8) is 0 Å². The van der Waals surface area contributed by atoms with E-state index in [0.717, 1.165) is 53.9 Å². The molecule has 1 spiro atoms. The smallest absolute Gasteiger partial charge is 0.214 e. The number of imidazole rings is 1. The summed E-state index contributed by atoms with van der Waals surface area (Å²) in [6, 6.07) is 4.62. The lowest BCUT2D eigenvalue weighted by atomic mass is 9.75. The van der Waals surface area contributed by atoms with Crippen molar-refractivity contribution in [3.05, 3.63) is 30.2 Å². The lowest BCUT2D eigenvalue weighted by Gasteiger charge is -2.40. The molecule has 0 radical (unpaired) electrons. The number of benzene rings is 1. The van der Waals surface area contributed by atoms with Crippen LogP contribution in [0.4, 0.5) is 9.52 Å². The summed E-state index contributed by atoms with van der Waals surface area (Å²) >= 11 is 1.56. The van der Waals surface area contributed by atoms with Crippen LogP contribution in [-0.4, -0.2) is 54.1 Å². The van der Waals surface area contributed by atoms with E-state index >= 15 is 0 Å². The van der Waals surface area contributed by atoms with E-state index in [1.807, 2.05) is 4.52 Å².